The molecular weight excluding hydrogens is 273 g/mol. The van der Waals surface area contributed by atoms with Crippen molar-refractivity contribution in [2.75, 3.05) is 26.2 Å². The quantitative estimate of drug-likeness (QED) is 0.724. The minimum absolute atomic E-state index is 0.0134. The van der Waals surface area contributed by atoms with E-state index >= 15 is 0 Å². The molecule has 2 N–H and O–H groups in total. The van der Waals surface area contributed by atoms with Crippen molar-refractivity contribution in [3.8, 4) is 0 Å². The molecular formula is C9H13F3N2O5. The lowest BCUT2D eigenvalue weighted by molar-refractivity contribution is -0.155. The first kappa shape index (κ1) is 17.2. The number of imide groups is 1. The molecule has 0 aliphatic heterocycles. The molecule has 7 nitrogen and oxygen atoms in total. The van der Waals surface area contributed by atoms with Crippen LogP contribution in [0, 0.1) is 0 Å². The molecule has 0 saturated carbocycles. The number of carboxylic acid groups (broad SMARTS) is 1. The van der Waals surface area contributed by atoms with E-state index in [1.54, 1.807) is 5.32 Å². The van der Waals surface area contributed by atoms with E-state index in [9.17, 15) is 27.6 Å². The summed E-state index contributed by atoms with van der Waals surface area (Å²) in [6, 6.07) is 0. The lowest BCUT2D eigenvalue weighted by atomic mass is 10.4. The zero-order chi connectivity index (χ0) is 15.1. The molecule has 19 heavy (non-hydrogen) atoms. The van der Waals surface area contributed by atoms with Gasteiger partial charge in [0.05, 0.1) is 26.2 Å². The van der Waals surface area contributed by atoms with E-state index in [1.807, 2.05) is 0 Å². The molecule has 2 amide bonds. The highest BCUT2D eigenvalue weighted by Gasteiger charge is 2.32. The van der Waals surface area contributed by atoms with Crippen LogP contribution in [0.15, 0.2) is 0 Å². The van der Waals surface area contributed by atoms with E-state index in [0.717, 1.165) is 0 Å². The van der Waals surface area contributed by atoms with Gasteiger partial charge < -0.3 is 9.84 Å². The summed E-state index contributed by atoms with van der Waals surface area (Å²) in [5.74, 6) is -2.60. The van der Waals surface area contributed by atoms with Gasteiger partial charge in [-0.2, -0.15) is 13.2 Å². The highest BCUT2D eigenvalue weighted by Crippen LogP contribution is 2.16. The van der Waals surface area contributed by atoms with E-state index in [4.69, 9.17) is 5.11 Å². The molecule has 0 atom stereocenters. The summed E-state index contributed by atoms with van der Waals surface area (Å²) in [5.41, 5.74) is 0. The largest absolute Gasteiger partial charge is 0.480 e. The van der Waals surface area contributed by atoms with Crippen molar-refractivity contribution in [3.05, 3.63) is 0 Å². The van der Waals surface area contributed by atoms with Gasteiger partial charge >= 0.3 is 18.2 Å². The third kappa shape index (κ3) is 9.83. The number of alkyl halides is 3. The molecule has 0 bridgehead atoms. The molecule has 110 valence electrons. The van der Waals surface area contributed by atoms with Crippen molar-refractivity contribution in [1.82, 2.24) is 10.2 Å². The first-order valence-corrected chi connectivity index (χ1v) is 5.11. The van der Waals surface area contributed by atoms with Gasteiger partial charge in [-0.25, -0.2) is 4.79 Å². The number of alkyl carbamates (subject to hydrolysis) is 1. The Bertz CT molecular complexity index is 345. The minimum Gasteiger partial charge on any atom is -0.480 e. The summed E-state index contributed by atoms with van der Waals surface area (Å²) in [6.07, 6.45) is -5.76. The van der Waals surface area contributed by atoms with Crippen molar-refractivity contribution in [2.45, 2.75) is 13.1 Å². The maximum absolute atomic E-state index is 12.1. The van der Waals surface area contributed by atoms with Crippen LogP contribution in [0.1, 0.15) is 6.92 Å². The van der Waals surface area contributed by atoms with Crippen LogP contribution in [0.5, 0.6) is 0 Å². The van der Waals surface area contributed by atoms with Gasteiger partial charge in [-0.1, -0.05) is 0 Å². The predicted molar refractivity (Wildman–Crippen MR) is 55.3 cm³/mol. The number of amides is 2. The molecule has 0 rings (SSSR count). The second-order valence-corrected chi connectivity index (χ2v) is 3.42. The maximum Gasteiger partial charge on any atom is 0.413 e. The molecule has 0 heterocycles. The molecule has 0 aromatic heterocycles. The predicted octanol–water partition coefficient (Wildman–Crippen LogP) is 0.208. The van der Waals surface area contributed by atoms with Gasteiger partial charge in [0.2, 0.25) is 5.91 Å². The third-order valence-corrected chi connectivity index (χ3v) is 1.65. The summed E-state index contributed by atoms with van der Waals surface area (Å²) in [5, 5.41) is 10.1. The van der Waals surface area contributed by atoms with E-state index < -0.39 is 43.8 Å². The van der Waals surface area contributed by atoms with Crippen LogP contribution in [0.25, 0.3) is 0 Å². The second kappa shape index (κ2) is 7.56. The van der Waals surface area contributed by atoms with E-state index in [-0.39, 0.29) is 6.61 Å². The Balaban J connectivity index is 4.42. The van der Waals surface area contributed by atoms with Crippen LogP contribution < -0.4 is 5.32 Å². The number of carboxylic acids is 1. The molecule has 0 aliphatic rings. The van der Waals surface area contributed by atoms with Crippen LogP contribution in [0.4, 0.5) is 18.0 Å². The number of ether oxygens (including phenoxy) is 1. The van der Waals surface area contributed by atoms with Crippen LogP contribution in [0.2, 0.25) is 0 Å². The summed E-state index contributed by atoms with van der Waals surface area (Å²) in [6.45, 7) is -1.97. The topological polar surface area (TPSA) is 95.9 Å². The summed E-state index contributed by atoms with van der Waals surface area (Å²) >= 11 is 0. The first-order chi connectivity index (χ1) is 8.64. The van der Waals surface area contributed by atoms with Gasteiger partial charge in [0.1, 0.15) is 0 Å². The number of carbonyl (C=O) groups is 3. The molecule has 0 saturated heterocycles. The first-order valence-electron chi connectivity index (χ1n) is 5.11. The Morgan fingerprint density at radius 3 is 2.26 bits per heavy atom. The minimum atomic E-state index is -4.65. The van der Waals surface area contributed by atoms with Crippen molar-refractivity contribution in [3.63, 3.8) is 0 Å². The number of hydrogen-bond donors (Lipinski definition) is 2. The second-order valence-electron chi connectivity index (χ2n) is 3.42. The van der Waals surface area contributed by atoms with Crippen LogP contribution in [-0.4, -0.2) is 60.4 Å². The molecule has 0 spiro atoms. The average molecular weight is 286 g/mol. The zero-order valence-corrected chi connectivity index (χ0v) is 9.99. The molecule has 0 aromatic rings. The Morgan fingerprint density at radius 2 is 1.84 bits per heavy atom. The fourth-order valence-electron chi connectivity index (χ4n) is 1.14. The Hall–Kier alpha value is -1.84. The molecule has 0 aromatic carbocycles. The SMILES string of the molecule is CCOC(=O)NC(=O)CN(CC(=O)O)CC(F)(F)F. The summed E-state index contributed by atoms with van der Waals surface area (Å²) < 4.78 is 40.7. The van der Waals surface area contributed by atoms with Crippen molar-refractivity contribution in [2.24, 2.45) is 0 Å². The zero-order valence-electron chi connectivity index (χ0n) is 9.99. The molecule has 0 unspecified atom stereocenters. The van der Waals surface area contributed by atoms with Crippen molar-refractivity contribution in [1.29, 1.82) is 0 Å². The van der Waals surface area contributed by atoms with Gasteiger partial charge in [0.15, 0.2) is 0 Å². The number of rotatable bonds is 6. The Morgan fingerprint density at radius 1 is 1.26 bits per heavy atom. The summed E-state index contributed by atoms with van der Waals surface area (Å²) in [4.78, 5) is 32.7. The number of hydrogen-bond acceptors (Lipinski definition) is 5. The normalized spacial score (nSPS) is 11.2. The van der Waals surface area contributed by atoms with E-state index in [1.165, 1.54) is 6.92 Å². The van der Waals surface area contributed by atoms with E-state index in [2.05, 4.69) is 4.74 Å². The van der Waals surface area contributed by atoms with Crippen molar-refractivity contribution < 1.29 is 37.4 Å². The highest BCUT2D eigenvalue weighted by molar-refractivity contribution is 5.93. The fraction of sp³-hybridized carbons (Fsp3) is 0.667. The third-order valence-electron chi connectivity index (χ3n) is 1.65. The summed E-state index contributed by atoms with van der Waals surface area (Å²) in [7, 11) is 0. The number of nitrogens with zero attached hydrogens (tertiary/aromatic N) is 1. The van der Waals surface area contributed by atoms with Gasteiger partial charge in [-0.3, -0.25) is 19.8 Å². The number of aliphatic carboxylic acids is 1. The number of nitrogens with one attached hydrogen (secondary N) is 1. The van der Waals surface area contributed by atoms with Gasteiger partial charge in [-0.05, 0) is 6.92 Å². The molecule has 0 fully saturated rings. The van der Waals surface area contributed by atoms with Gasteiger partial charge in [-0.15, -0.1) is 0 Å². The van der Waals surface area contributed by atoms with Crippen LogP contribution in [0.3, 0.4) is 0 Å². The van der Waals surface area contributed by atoms with E-state index in [0.29, 0.717) is 4.90 Å². The lowest BCUT2D eigenvalue weighted by Gasteiger charge is -2.20. The maximum atomic E-state index is 12.1. The average Bonchev–Trinajstić information content (AvgIpc) is 2.12. The standard InChI is InChI=1S/C9H13F3N2O5/c1-2-19-8(18)13-6(15)3-14(4-7(16)17)5-9(10,11)12/h2-5H2,1H3,(H,16,17)(H,13,15,18). The number of carbonyl (C=O) groups excluding carboxylic acids is 2. The smallest absolute Gasteiger partial charge is 0.413 e. The van der Waals surface area contributed by atoms with Gasteiger partial charge in [0, 0.05) is 0 Å². The monoisotopic (exact) mass is 286 g/mol. The highest BCUT2D eigenvalue weighted by atomic mass is 19.4. The van der Waals surface area contributed by atoms with Crippen LogP contribution >= 0.6 is 0 Å². The van der Waals surface area contributed by atoms with Crippen LogP contribution in [-0.2, 0) is 14.3 Å². The van der Waals surface area contributed by atoms with Gasteiger partial charge in [0.25, 0.3) is 0 Å². The Labute approximate surface area is 106 Å². The van der Waals surface area contributed by atoms with Crippen molar-refractivity contribution >= 4 is 18.0 Å². The Kier molecular flexibility index (Phi) is 6.83. The fourth-order valence-corrected chi connectivity index (χ4v) is 1.14. The number of halogens is 3. The molecule has 0 aliphatic carbocycles. The molecule has 10 heteroatoms. The lowest BCUT2D eigenvalue weighted by Crippen LogP contribution is -2.45. The molecule has 0 radical (unpaired) electrons.